The molecule has 10 nitrogen and oxygen atoms in total. The predicted molar refractivity (Wildman–Crippen MR) is 165 cm³/mol. The van der Waals surface area contributed by atoms with Gasteiger partial charge in [-0.25, -0.2) is 9.37 Å². The van der Waals surface area contributed by atoms with E-state index in [1.54, 1.807) is 37.3 Å². The SMILES string of the molecule is COc1ccc(C2C(=C(O)c3nc4c(C)cccn4c3C)C(=O)C(=O)N2c2nnc(SCc3ccc(F)cc3)s2)cc1OC. The van der Waals surface area contributed by atoms with Crippen LogP contribution < -0.4 is 14.4 Å². The van der Waals surface area contributed by atoms with E-state index in [-0.39, 0.29) is 22.2 Å². The number of aryl methyl sites for hydroxylation is 2. The Hall–Kier alpha value is -4.75. The highest BCUT2D eigenvalue weighted by molar-refractivity contribution is 8.00. The summed E-state index contributed by atoms with van der Waals surface area (Å²) in [4.78, 5) is 33.3. The number of Topliss-reactive ketones (excluding diaryl/α,β-unsaturated/α-hetero) is 1. The fraction of sp³-hybridized carbons (Fsp3) is 0.194. The lowest BCUT2D eigenvalue weighted by Crippen LogP contribution is -2.29. The average Bonchev–Trinajstić information content (AvgIpc) is 3.71. The quantitative estimate of drug-likeness (QED) is 0.0737. The maximum atomic E-state index is 13.7. The van der Waals surface area contributed by atoms with Crippen molar-refractivity contribution in [2.24, 2.45) is 0 Å². The number of fused-ring (bicyclic) bond motifs is 1. The van der Waals surface area contributed by atoms with Gasteiger partial charge in [0, 0.05) is 11.9 Å². The van der Waals surface area contributed by atoms with E-state index in [1.165, 1.54) is 43.0 Å². The second-order valence-electron chi connectivity index (χ2n) is 9.98. The summed E-state index contributed by atoms with van der Waals surface area (Å²) < 4.78 is 26.6. The summed E-state index contributed by atoms with van der Waals surface area (Å²) in [6, 6.07) is 13.9. The van der Waals surface area contributed by atoms with Crippen molar-refractivity contribution < 1.29 is 28.6 Å². The van der Waals surface area contributed by atoms with Gasteiger partial charge in [-0.2, -0.15) is 0 Å². The number of hydrogen-bond donors (Lipinski definition) is 1. The van der Waals surface area contributed by atoms with Crippen LogP contribution in [0.1, 0.15) is 34.1 Å². The fourth-order valence-corrected chi connectivity index (χ4v) is 6.95. The number of methoxy groups -OCH3 is 2. The number of nitrogens with zero attached hydrogens (tertiary/aromatic N) is 5. The smallest absolute Gasteiger partial charge is 0.301 e. The molecular formula is C31H26FN5O5S2. The molecule has 1 fully saturated rings. The summed E-state index contributed by atoms with van der Waals surface area (Å²) in [6.45, 7) is 3.68. The van der Waals surface area contributed by atoms with Crippen molar-refractivity contribution in [1.29, 1.82) is 0 Å². The molecule has 1 saturated heterocycles. The minimum atomic E-state index is -1.07. The van der Waals surface area contributed by atoms with Crippen LogP contribution in [0.4, 0.5) is 9.52 Å². The molecular weight excluding hydrogens is 606 g/mol. The predicted octanol–water partition coefficient (Wildman–Crippen LogP) is 5.88. The van der Waals surface area contributed by atoms with Crippen LogP contribution in [-0.2, 0) is 15.3 Å². The lowest BCUT2D eigenvalue weighted by molar-refractivity contribution is -0.132. The maximum absolute atomic E-state index is 13.7. The molecule has 1 atom stereocenters. The number of rotatable bonds is 8. The van der Waals surface area contributed by atoms with Crippen molar-refractivity contribution in [2.45, 2.75) is 30.0 Å². The number of aromatic nitrogens is 4. The number of imidazole rings is 1. The first-order chi connectivity index (χ1) is 21.2. The van der Waals surface area contributed by atoms with Crippen LogP contribution in [0.25, 0.3) is 11.4 Å². The normalized spacial score (nSPS) is 16.2. The van der Waals surface area contributed by atoms with Gasteiger partial charge in [0.2, 0.25) is 5.13 Å². The van der Waals surface area contributed by atoms with Gasteiger partial charge in [-0.3, -0.25) is 14.5 Å². The molecule has 4 heterocycles. The van der Waals surface area contributed by atoms with E-state index in [0.717, 1.165) is 22.5 Å². The molecule has 1 aliphatic rings. The number of benzene rings is 2. The lowest BCUT2D eigenvalue weighted by atomic mass is 9.96. The number of aliphatic hydroxyl groups excluding tert-OH is 1. The zero-order valence-corrected chi connectivity index (χ0v) is 25.7. The van der Waals surface area contributed by atoms with Gasteiger partial charge in [0.25, 0.3) is 5.78 Å². The van der Waals surface area contributed by atoms with Gasteiger partial charge in [-0.1, -0.05) is 47.4 Å². The number of ether oxygens (including phenoxy) is 2. The topological polar surface area (TPSA) is 119 Å². The van der Waals surface area contributed by atoms with Gasteiger partial charge >= 0.3 is 5.91 Å². The highest BCUT2D eigenvalue weighted by Crippen LogP contribution is 2.45. The Morgan fingerprint density at radius 3 is 2.50 bits per heavy atom. The van der Waals surface area contributed by atoms with E-state index in [0.29, 0.717) is 38.5 Å². The van der Waals surface area contributed by atoms with Crippen molar-refractivity contribution >= 4 is 51.3 Å². The van der Waals surface area contributed by atoms with Crippen LogP contribution in [0.5, 0.6) is 11.5 Å². The molecule has 0 radical (unpaired) electrons. The van der Waals surface area contributed by atoms with E-state index < -0.39 is 23.5 Å². The van der Waals surface area contributed by atoms with E-state index >= 15 is 0 Å². The third kappa shape index (κ3) is 5.07. The average molecular weight is 632 g/mol. The Morgan fingerprint density at radius 1 is 1.05 bits per heavy atom. The molecule has 1 N–H and O–H groups in total. The Labute approximate surface area is 259 Å². The molecule has 6 rings (SSSR count). The van der Waals surface area contributed by atoms with Gasteiger partial charge in [0.1, 0.15) is 17.2 Å². The number of carbonyl (C=O) groups is 2. The van der Waals surface area contributed by atoms with E-state index in [1.807, 2.05) is 29.7 Å². The Bertz CT molecular complexity index is 1950. The first kappa shape index (κ1) is 29.3. The molecule has 2 aromatic carbocycles. The second-order valence-corrected chi connectivity index (χ2v) is 12.2. The van der Waals surface area contributed by atoms with Crippen LogP contribution in [0, 0.1) is 19.7 Å². The van der Waals surface area contributed by atoms with Crippen molar-refractivity contribution in [3.05, 3.63) is 100 Å². The van der Waals surface area contributed by atoms with Crippen LogP contribution in [0.15, 0.2) is 70.7 Å². The van der Waals surface area contributed by atoms with Crippen LogP contribution >= 0.6 is 23.1 Å². The first-order valence-electron chi connectivity index (χ1n) is 13.4. The summed E-state index contributed by atoms with van der Waals surface area (Å²) in [6.07, 6.45) is 1.82. The third-order valence-electron chi connectivity index (χ3n) is 7.35. The van der Waals surface area contributed by atoms with E-state index in [9.17, 15) is 19.1 Å². The Kier molecular flexibility index (Phi) is 7.82. The van der Waals surface area contributed by atoms with Crippen molar-refractivity contribution in [3.8, 4) is 11.5 Å². The number of anilines is 1. The zero-order chi connectivity index (χ0) is 31.1. The number of halogens is 1. The van der Waals surface area contributed by atoms with Gasteiger partial charge in [-0.15, -0.1) is 10.2 Å². The highest BCUT2D eigenvalue weighted by atomic mass is 32.2. The second kappa shape index (κ2) is 11.7. The van der Waals surface area contributed by atoms with Crippen molar-refractivity contribution in [1.82, 2.24) is 19.6 Å². The van der Waals surface area contributed by atoms with Crippen molar-refractivity contribution in [3.63, 3.8) is 0 Å². The summed E-state index contributed by atoms with van der Waals surface area (Å²) in [5, 5.41) is 20.4. The summed E-state index contributed by atoms with van der Waals surface area (Å²) >= 11 is 2.50. The van der Waals surface area contributed by atoms with E-state index in [4.69, 9.17) is 9.47 Å². The minimum absolute atomic E-state index is 0.137. The molecule has 1 aliphatic heterocycles. The highest BCUT2D eigenvalue weighted by Gasteiger charge is 2.49. The zero-order valence-electron chi connectivity index (χ0n) is 24.1. The molecule has 44 heavy (non-hydrogen) atoms. The van der Waals surface area contributed by atoms with Crippen LogP contribution in [-0.4, -0.2) is 50.6 Å². The monoisotopic (exact) mass is 631 g/mol. The Balaban J connectivity index is 1.46. The number of thioether (sulfide) groups is 1. The van der Waals surface area contributed by atoms with Crippen molar-refractivity contribution in [2.75, 3.05) is 19.1 Å². The molecule has 0 bridgehead atoms. The number of amides is 1. The number of aliphatic hydroxyl groups is 1. The molecule has 1 unspecified atom stereocenters. The number of hydrogen-bond acceptors (Lipinski definition) is 10. The van der Waals surface area contributed by atoms with Crippen LogP contribution in [0.3, 0.4) is 0 Å². The summed E-state index contributed by atoms with van der Waals surface area (Å²) in [7, 11) is 2.99. The van der Waals surface area contributed by atoms with Gasteiger partial charge in [0.05, 0.1) is 31.5 Å². The molecule has 13 heteroatoms. The number of pyridine rings is 1. The molecule has 5 aromatic rings. The molecule has 0 aliphatic carbocycles. The summed E-state index contributed by atoms with van der Waals surface area (Å²) in [5.41, 5.74) is 3.53. The van der Waals surface area contributed by atoms with Crippen LogP contribution in [0.2, 0.25) is 0 Å². The first-order valence-corrected chi connectivity index (χ1v) is 15.2. The minimum Gasteiger partial charge on any atom is -0.505 e. The number of ketones is 1. The maximum Gasteiger partial charge on any atom is 0.301 e. The molecule has 3 aromatic heterocycles. The standard InChI is InChI=1S/C31H26FN5O5S2/c1-16-6-5-13-36-17(2)24(33-28(16)36)26(38)23-25(19-9-12-21(41-3)22(14-19)42-4)37(29(40)27(23)39)30-34-35-31(44-30)43-15-18-7-10-20(32)11-8-18/h5-14,25,38H,15H2,1-4H3. The van der Waals surface area contributed by atoms with Gasteiger partial charge < -0.3 is 19.0 Å². The molecule has 0 saturated carbocycles. The van der Waals surface area contributed by atoms with E-state index in [2.05, 4.69) is 15.2 Å². The third-order valence-corrected chi connectivity index (χ3v) is 9.48. The molecule has 224 valence electrons. The van der Waals surface area contributed by atoms with Gasteiger partial charge in [0.15, 0.2) is 21.6 Å². The molecule has 0 spiro atoms. The molecule has 1 amide bonds. The summed E-state index contributed by atoms with van der Waals surface area (Å²) in [5.74, 6) is -1.14. The lowest BCUT2D eigenvalue weighted by Gasteiger charge is -2.23. The number of carbonyl (C=O) groups excluding carboxylic acids is 2. The largest absolute Gasteiger partial charge is 0.505 e. The van der Waals surface area contributed by atoms with Gasteiger partial charge in [-0.05, 0) is 60.9 Å². The Morgan fingerprint density at radius 2 is 1.80 bits per heavy atom. The fourth-order valence-electron chi connectivity index (χ4n) is 5.13.